The summed E-state index contributed by atoms with van der Waals surface area (Å²) in [5.74, 6) is 1.83. The molecular weight excluding hydrogens is 370 g/mol. The highest BCUT2D eigenvalue weighted by molar-refractivity contribution is 5.91. The van der Waals surface area contributed by atoms with Crippen LogP contribution in [0.4, 0.5) is 0 Å². The van der Waals surface area contributed by atoms with E-state index in [0.29, 0.717) is 30.7 Å². The second kappa shape index (κ2) is 10.7. The lowest BCUT2D eigenvalue weighted by atomic mass is 10.2. The number of nitrogens with zero attached hydrogens (tertiary/aromatic N) is 2. The van der Waals surface area contributed by atoms with Crippen LogP contribution in [-0.4, -0.2) is 49.3 Å². The molecule has 0 aliphatic rings. The van der Waals surface area contributed by atoms with E-state index < -0.39 is 0 Å². The number of methoxy groups -OCH3 is 1. The summed E-state index contributed by atoms with van der Waals surface area (Å²) in [5.41, 5.74) is 2.59. The zero-order valence-electron chi connectivity index (χ0n) is 18.1. The number of carbonyl (C=O) groups is 1. The van der Waals surface area contributed by atoms with Gasteiger partial charge in [0.1, 0.15) is 12.4 Å². The number of nitrogens with one attached hydrogen (secondary N) is 1. The molecule has 0 unspecified atom stereocenters. The van der Waals surface area contributed by atoms with E-state index in [9.17, 15) is 4.79 Å². The van der Waals surface area contributed by atoms with E-state index in [1.54, 1.807) is 13.2 Å². The number of ether oxygens (including phenoxy) is 2. The summed E-state index contributed by atoms with van der Waals surface area (Å²) >= 11 is 0. The predicted octanol–water partition coefficient (Wildman–Crippen LogP) is 3.35. The van der Waals surface area contributed by atoms with Crippen molar-refractivity contribution in [1.82, 2.24) is 15.4 Å². The maximum atomic E-state index is 12.0. The van der Waals surface area contributed by atoms with Gasteiger partial charge in [-0.3, -0.25) is 4.79 Å². The highest BCUT2D eigenvalue weighted by Gasteiger charge is 2.12. The molecule has 1 N–H and O–H groups in total. The fourth-order valence-corrected chi connectivity index (χ4v) is 2.61. The van der Waals surface area contributed by atoms with Crippen molar-refractivity contribution in [3.8, 4) is 11.5 Å². The first-order valence-corrected chi connectivity index (χ1v) is 9.70. The molecule has 1 aromatic carbocycles. The third-order valence-electron chi connectivity index (χ3n) is 4.81. The Morgan fingerprint density at radius 2 is 2.07 bits per heavy atom. The molecule has 7 heteroatoms. The van der Waals surface area contributed by atoms with Gasteiger partial charge in [0, 0.05) is 25.2 Å². The Labute approximate surface area is 172 Å². The molecule has 1 heterocycles. The molecule has 0 spiro atoms. The summed E-state index contributed by atoms with van der Waals surface area (Å²) in [4.78, 5) is 14.2. The Bertz CT molecular complexity index is 823. The number of hydrogen-bond acceptors (Lipinski definition) is 6. The summed E-state index contributed by atoms with van der Waals surface area (Å²) in [6.45, 7) is 9.74. The van der Waals surface area contributed by atoms with Crippen molar-refractivity contribution in [3.63, 3.8) is 0 Å². The van der Waals surface area contributed by atoms with Crippen LogP contribution in [0.5, 0.6) is 11.5 Å². The first-order chi connectivity index (χ1) is 13.8. The third-order valence-corrected chi connectivity index (χ3v) is 4.81. The highest BCUT2D eigenvalue weighted by Crippen LogP contribution is 2.30. The molecule has 0 saturated carbocycles. The van der Waals surface area contributed by atoms with Gasteiger partial charge >= 0.3 is 0 Å². The zero-order valence-corrected chi connectivity index (χ0v) is 18.1. The van der Waals surface area contributed by atoms with Gasteiger partial charge in [0.25, 0.3) is 0 Å². The molecule has 1 aromatic heterocycles. The first-order valence-electron chi connectivity index (χ1n) is 9.70. The summed E-state index contributed by atoms with van der Waals surface area (Å²) in [7, 11) is 3.62. The molecule has 2 aromatic rings. The minimum Gasteiger partial charge on any atom is -0.493 e. The maximum absolute atomic E-state index is 12.0. The van der Waals surface area contributed by atoms with Gasteiger partial charge in [-0.15, -0.1) is 0 Å². The average Bonchev–Trinajstić information content (AvgIpc) is 3.02. The van der Waals surface area contributed by atoms with Crippen molar-refractivity contribution in [2.75, 3.05) is 27.2 Å². The number of likely N-dealkylation sites (N-methyl/N-ethyl adjacent to an activating group) is 1. The lowest BCUT2D eigenvalue weighted by molar-refractivity contribution is -0.116. The SMILES string of the molecule is COc1cc(C=CC(=O)NCCN(C)C(C)C)ccc1OCc1c(C)noc1C. The minimum atomic E-state index is -0.125. The first kappa shape index (κ1) is 22.5. The summed E-state index contributed by atoms with van der Waals surface area (Å²) < 4.78 is 16.5. The lowest BCUT2D eigenvalue weighted by Gasteiger charge is -2.20. The molecule has 1 amide bonds. The van der Waals surface area contributed by atoms with Gasteiger partial charge in [0.15, 0.2) is 11.5 Å². The average molecular weight is 402 g/mol. The maximum Gasteiger partial charge on any atom is 0.244 e. The van der Waals surface area contributed by atoms with Crippen LogP contribution in [0.3, 0.4) is 0 Å². The second-order valence-electron chi connectivity index (χ2n) is 7.20. The number of aryl methyl sites for hydroxylation is 2. The number of amides is 1. The van der Waals surface area contributed by atoms with Crippen LogP contribution in [-0.2, 0) is 11.4 Å². The van der Waals surface area contributed by atoms with Gasteiger partial charge in [-0.25, -0.2) is 0 Å². The Balaban J connectivity index is 1.93. The van der Waals surface area contributed by atoms with Gasteiger partial charge in [-0.1, -0.05) is 11.2 Å². The Hall–Kier alpha value is -2.80. The van der Waals surface area contributed by atoms with E-state index >= 15 is 0 Å². The molecule has 0 saturated heterocycles. The van der Waals surface area contributed by atoms with Crippen molar-refractivity contribution in [2.24, 2.45) is 0 Å². The van der Waals surface area contributed by atoms with E-state index in [1.165, 1.54) is 6.08 Å². The highest BCUT2D eigenvalue weighted by atomic mass is 16.5. The number of carbonyl (C=O) groups excluding carboxylic acids is 1. The molecule has 2 rings (SSSR count). The summed E-state index contributed by atoms with van der Waals surface area (Å²) in [5, 5.41) is 6.82. The summed E-state index contributed by atoms with van der Waals surface area (Å²) in [6, 6.07) is 5.99. The van der Waals surface area contributed by atoms with Crippen molar-refractivity contribution < 1.29 is 18.8 Å². The van der Waals surface area contributed by atoms with Crippen LogP contribution in [0.15, 0.2) is 28.8 Å². The van der Waals surface area contributed by atoms with Crippen LogP contribution in [0, 0.1) is 13.8 Å². The molecule has 29 heavy (non-hydrogen) atoms. The fourth-order valence-electron chi connectivity index (χ4n) is 2.61. The molecular formula is C22H31N3O4. The molecule has 0 aliphatic carbocycles. The Kier molecular flexibility index (Phi) is 8.27. The standard InChI is InChI=1S/C22H31N3O4/c1-15(2)25(5)12-11-23-22(26)10-8-18-7-9-20(21(13-18)27-6)28-14-19-16(3)24-29-17(19)4/h7-10,13,15H,11-12,14H2,1-6H3,(H,23,26). The smallest absolute Gasteiger partial charge is 0.244 e. The van der Waals surface area contributed by atoms with Gasteiger partial charge in [-0.05, 0) is 58.5 Å². The van der Waals surface area contributed by atoms with E-state index in [4.69, 9.17) is 14.0 Å². The molecule has 7 nitrogen and oxygen atoms in total. The van der Waals surface area contributed by atoms with Crippen LogP contribution >= 0.6 is 0 Å². The third kappa shape index (κ3) is 6.64. The van der Waals surface area contributed by atoms with E-state index in [-0.39, 0.29) is 5.91 Å². The second-order valence-corrected chi connectivity index (χ2v) is 7.20. The summed E-state index contributed by atoms with van der Waals surface area (Å²) in [6.07, 6.45) is 3.27. The van der Waals surface area contributed by atoms with Gasteiger partial charge in [0.05, 0.1) is 18.4 Å². The molecule has 0 bridgehead atoms. The van der Waals surface area contributed by atoms with E-state index in [1.807, 2.05) is 39.1 Å². The molecule has 0 aliphatic heterocycles. The van der Waals surface area contributed by atoms with Crippen molar-refractivity contribution in [1.29, 1.82) is 0 Å². The van der Waals surface area contributed by atoms with Crippen molar-refractivity contribution in [3.05, 3.63) is 46.9 Å². The van der Waals surface area contributed by atoms with E-state index in [0.717, 1.165) is 29.1 Å². The topological polar surface area (TPSA) is 76.8 Å². The molecule has 0 radical (unpaired) electrons. The lowest BCUT2D eigenvalue weighted by Crippen LogP contribution is -2.35. The Morgan fingerprint density at radius 3 is 2.69 bits per heavy atom. The number of hydrogen-bond donors (Lipinski definition) is 1. The van der Waals surface area contributed by atoms with Crippen LogP contribution in [0.25, 0.3) is 6.08 Å². The number of aromatic nitrogens is 1. The normalized spacial score (nSPS) is 11.4. The minimum absolute atomic E-state index is 0.125. The van der Waals surface area contributed by atoms with Gasteiger partial charge < -0.3 is 24.2 Å². The number of rotatable bonds is 10. The van der Waals surface area contributed by atoms with E-state index in [2.05, 4.69) is 29.2 Å². The van der Waals surface area contributed by atoms with Gasteiger partial charge in [-0.2, -0.15) is 0 Å². The number of benzene rings is 1. The molecule has 158 valence electrons. The van der Waals surface area contributed by atoms with Crippen LogP contribution in [0.2, 0.25) is 0 Å². The Morgan fingerprint density at radius 1 is 1.31 bits per heavy atom. The predicted molar refractivity (Wildman–Crippen MR) is 113 cm³/mol. The molecule has 0 atom stereocenters. The van der Waals surface area contributed by atoms with Crippen LogP contribution < -0.4 is 14.8 Å². The van der Waals surface area contributed by atoms with Crippen molar-refractivity contribution >= 4 is 12.0 Å². The van der Waals surface area contributed by atoms with Gasteiger partial charge in [0.2, 0.25) is 5.91 Å². The van der Waals surface area contributed by atoms with Crippen LogP contribution in [0.1, 0.15) is 36.4 Å². The monoisotopic (exact) mass is 401 g/mol. The fraction of sp³-hybridized carbons (Fsp3) is 0.455. The molecule has 0 fully saturated rings. The van der Waals surface area contributed by atoms with Crippen molar-refractivity contribution in [2.45, 2.75) is 40.3 Å². The zero-order chi connectivity index (χ0) is 21.4. The quantitative estimate of drug-likeness (QED) is 0.615. The largest absolute Gasteiger partial charge is 0.493 e.